The molecule has 0 spiro atoms. The number of carbonyl (C=O) groups is 2. The summed E-state index contributed by atoms with van der Waals surface area (Å²) in [5.74, 6) is -0.341. The van der Waals surface area contributed by atoms with Crippen LogP contribution in [0.2, 0.25) is 0 Å². The molecule has 2 amide bonds. The molecule has 1 fully saturated rings. The number of carbonyl (C=O) groups excluding carboxylic acids is 2. The molecule has 1 N–H and O–H groups in total. The van der Waals surface area contributed by atoms with Gasteiger partial charge >= 0.3 is 6.09 Å². The van der Waals surface area contributed by atoms with Gasteiger partial charge in [0.1, 0.15) is 10.2 Å². The molecule has 7 heteroatoms. The Morgan fingerprint density at radius 3 is 2.55 bits per heavy atom. The molecule has 120 valence electrons. The number of aromatic nitrogens is 1. The quantitative estimate of drug-likeness (QED) is 0.813. The number of rotatable bonds is 2. The maximum absolute atomic E-state index is 12.1. The van der Waals surface area contributed by atoms with E-state index in [9.17, 15) is 9.59 Å². The summed E-state index contributed by atoms with van der Waals surface area (Å²) >= 11 is 3.32. The molecule has 0 aliphatic carbocycles. The van der Waals surface area contributed by atoms with E-state index in [1.54, 1.807) is 6.07 Å². The van der Waals surface area contributed by atoms with Crippen LogP contribution in [-0.2, 0) is 9.53 Å². The molecule has 0 bridgehead atoms. The van der Waals surface area contributed by atoms with Gasteiger partial charge in [0.25, 0.3) is 0 Å². The van der Waals surface area contributed by atoms with Gasteiger partial charge in [-0.3, -0.25) is 4.79 Å². The highest BCUT2D eigenvalue weighted by molar-refractivity contribution is 9.10. The Kier molecular flexibility index (Phi) is 4.75. The highest BCUT2D eigenvalue weighted by atomic mass is 79.9. The Morgan fingerprint density at radius 2 is 2.00 bits per heavy atom. The van der Waals surface area contributed by atoms with Gasteiger partial charge in [-0.15, -0.1) is 0 Å². The molecule has 1 aliphatic rings. The Labute approximate surface area is 138 Å². The van der Waals surface area contributed by atoms with Crippen LogP contribution in [-0.4, -0.2) is 40.6 Å². The first-order chi connectivity index (χ1) is 10.2. The number of ether oxygens (including phenoxy) is 1. The number of hydrogen-bond acceptors (Lipinski definition) is 4. The van der Waals surface area contributed by atoms with Crippen LogP contribution < -0.4 is 5.32 Å². The van der Waals surface area contributed by atoms with Crippen molar-refractivity contribution < 1.29 is 14.3 Å². The fourth-order valence-electron chi connectivity index (χ4n) is 1.97. The number of anilines is 1. The van der Waals surface area contributed by atoms with Crippen LogP contribution >= 0.6 is 15.9 Å². The van der Waals surface area contributed by atoms with Gasteiger partial charge in [-0.25, -0.2) is 9.78 Å². The van der Waals surface area contributed by atoms with E-state index in [4.69, 9.17) is 4.74 Å². The van der Waals surface area contributed by atoms with Crippen molar-refractivity contribution in [2.24, 2.45) is 5.92 Å². The molecular formula is C15H20BrN3O3. The zero-order valence-corrected chi connectivity index (χ0v) is 14.7. The molecule has 0 unspecified atom stereocenters. The third-order valence-corrected chi connectivity index (χ3v) is 3.75. The number of halogens is 1. The molecule has 6 nitrogen and oxygen atoms in total. The Hall–Kier alpha value is -1.63. The van der Waals surface area contributed by atoms with Gasteiger partial charge in [-0.1, -0.05) is 0 Å². The summed E-state index contributed by atoms with van der Waals surface area (Å²) in [7, 11) is 0. The lowest BCUT2D eigenvalue weighted by atomic mass is 10.00. The van der Waals surface area contributed by atoms with Crippen LogP contribution in [0.15, 0.2) is 16.7 Å². The lowest BCUT2D eigenvalue weighted by molar-refractivity contribution is -0.124. The van der Waals surface area contributed by atoms with Crippen LogP contribution in [0, 0.1) is 12.8 Å². The van der Waals surface area contributed by atoms with E-state index in [2.05, 4.69) is 26.2 Å². The Balaban J connectivity index is 1.85. The van der Waals surface area contributed by atoms with Gasteiger partial charge in [-0.05, 0) is 55.8 Å². The van der Waals surface area contributed by atoms with E-state index in [1.165, 1.54) is 4.90 Å². The monoisotopic (exact) mass is 369 g/mol. The second kappa shape index (κ2) is 6.24. The van der Waals surface area contributed by atoms with E-state index < -0.39 is 5.60 Å². The number of hydrogen-bond donors (Lipinski definition) is 1. The number of nitrogens with one attached hydrogen (secondary N) is 1. The minimum absolute atomic E-state index is 0.119. The molecular weight excluding hydrogens is 350 g/mol. The minimum Gasteiger partial charge on any atom is -0.444 e. The molecule has 22 heavy (non-hydrogen) atoms. The van der Waals surface area contributed by atoms with E-state index >= 15 is 0 Å². The summed E-state index contributed by atoms with van der Waals surface area (Å²) in [5.41, 5.74) is 0.971. The molecule has 0 aromatic carbocycles. The summed E-state index contributed by atoms with van der Waals surface area (Å²) in [6, 6.07) is 3.63. The third kappa shape index (κ3) is 4.19. The molecule has 1 aromatic rings. The molecule has 2 heterocycles. The number of amides is 2. The number of aryl methyl sites for hydroxylation is 1. The lowest BCUT2D eigenvalue weighted by Crippen LogP contribution is -2.55. The van der Waals surface area contributed by atoms with Crippen LogP contribution in [0.25, 0.3) is 0 Å². The minimum atomic E-state index is -0.525. The maximum Gasteiger partial charge on any atom is 0.410 e. The fourth-order valence-corrected chi connectivity index (χ4v) is 2.48. The van der Waals surface area contributed by atoms with E-state index in [-0.39, 0.29) is 17.9 Å². The van der Waals surface area contributed by atoms with Gasteiger partial charge in [0, 0.05) is 18.8 Å². The Bertz CT molecular complexity index is 592. The number of likely N-dealkylation sites (tertiary alicyclic amines) is 1. The van der Waals surface area contributed by atoms with Gasteiger partial charge < -0.3 is 15.0 Å². The fraction of sp³-hybridized carbons (Fsp3) is 0.533. The predicted molar refractivity (Wildman–Crippen MR) is 86.6 cm³/mol. The maximum atomic E-state index is 12.1. The summed E-state index contributed by atoms with van der Waals surface area (Å²) in [5, 5.41) is 2.82. The first-order valence-corrected chi connectivity index (χ1v) is 7.87. The van der Waals surface area contributed by atoms with E-state index in [0.29, 0.717) is 23.4 Å². The van der Waals surface area contributed by atoms with Gasteiger partial charge in [0.2, 0.25) is 5.91 Å². The zero-order chi connectivity index (χ0) is 16.5. The smallest absolute Gasteiger partial charge is 0.410 e. The average Bonchev–Trinajstić information content (AvgIpc) is 2.28. The van der Waals surface area contributed by atoms with Crippen molar-refractivity contribution >= 4 is 33.6 Å². The SMILES string of the molecule is Cc1ccc(NC(=O)C2CN(C(=O)OC(C)(C)C)C2)c(Br)n1. The van der Waals surface area contributed by atoms with Gasteiger partial charge in [0.15, 0.2) is 0 Å². The first-order valence-electron chi connectivity index (χ1n) is 7.07. The molecule has 0 saturated carbocycles. The highest BCUT2D eigenvalue weighted by Crippen LogP contribution is 2.24. The van der Waals surface area contributed by atoms with Crippen molar-refractivity contribution in [3.8, 4) is 0 Å². The zero-order valence-electron chi connectivity index (χ0n) is 13.1. The topological polar surface area (TPSA) is 71.5 Å². The molecule has 0 atom stereocenters. The first kappa shape index (κ1) is 16.7. The van der Waals surface area contributed by atoms with E-state index in [0.717, 1.165) is 5.69 Å². The lowest BCUT2D eigenvalue weighted by Gasteiger charge is -2.38. The highest BCUT2D eigenvalue weighted by Gasteiger charge is 2.38. The molecule has 1 aliphatic heterocycles. The normalized spacial score (nSPS) is 15.2. The third-order valence-electron chi connectivity index (χ3n) is 3.15. The average molecular weight is 370 g/mol. The summed E-state index contributed by atoms with van der Waals surface area (Å²) in [6.07, 6.45) is -0.380. The largest absolute Gasteiger partial charge is 0.444 e. The standard InChI is InChI=1S/C15H20BrN3O3/c1-9-5-6-11(12(16)17-9)18-13(20)10-7-19(8-10)14(21)22-15(2,3)4/h5-6,10H,7-8H2,1-4H3,(H,18,20). The van der Waals surface area contributed by atoms with Crippen molar-refractivity contribution in [2.75, 3.05) is 18.4 Å². The molecule has 1 saturated heterocycles. The van der Waals surface area contributed by atoms with Crippen molar-refractivity contribution in [2.45, 2.75) is 33.3 Å². The van der Waals surface area contributed by atoms with Crippen LogP contribution in [0.3, 0.4) is 0 Å². The van der Waals surface area contributed by atoms with Crippen LogP contribution in [0.5, 0.6) is 0 Å². The van der Waals surface area contributed by atoms with Crippen LogP contribution in [0.1, 0.15) is 26.5 Å². The van der Waals surface area contributed by atoms with Gasteiger partial charge in [-0.2, -0.15) is 0 Å². The van der Waals surface area contributed by atoms with Crippen LogP contribution in [0.4, 0.5) is 10.5 Å². The van der Waals surface area contributed by atoms with Crippen molar-refractivity contribution in [1.29, 1.82) is 0 Å². The second-order valence-electron chi connectivity index (χ2n) is 6.36. The molecule has 2 rings (SSSR count). The molecule has 0 radical (unpaired) electrons. The second-order valence-corrected chi connectivity index (χ2v) is 7.11. The van der Waals surface area contributed by atoms with Crippen molar-refractivity contribution in [1.82, 2.24) is 9.88 Å². The summed E-state index contributed by atoms with van der Waals surface area (Å²) in [6.45, 7) is 8.07. The Morgan fingerprint density at radius 1 is 1.36 bits per heavy atom. The summed E-state index contributed by atoms with van der Waals surface area (Å²) in [4.78, 5) is 29.7. The summed E-state index contributed by atoms with van der Waals surface area (Å²) < 4.78 is 5.86. The van der Waals surface area contributed by atoms with E-state index in [1.807, 2.05) is 33.8 Å². The molecule has 1 aromatic heterocycles. The predicted octanol–water partition coefficient (Wildman–Crippen LogP) is 2.96. The van der Waals surface area contributed by atoms with Crippen molar-refractivity contribution in [3.63, 3.8) is 0 Å². The van der Waals surface area contributed by atoms with Crippen molar-refractivity contribution in [3.05, 3.63) is 22.4 Å². The van der Waals surface area contributed by atoms with Gasteiger partial charge in [0.05, 0.1) is 11.6 Å². The number of nitrogens with zero attached hydrogens (tertiary/aromatic N) is 2. The number of pyridine rings is 1.